The number of aromatic nitrogens is 2. The summed E-state index contributed by atoms with van der Waals surface area (Å²) in [6.07, 6.45) is 7.04. The number of hydrogen-bond acceptors (Lipinski definition) is 3. The zero-order chi connectivity index (χ0) is 14.5. The standard InChI is InChI=1S/C16H25N3O/c1-5-9-14-13(6-2)16-15(12-18(4)7-3)20-11-8-10-19(16)17-14/h5-6,9,15H,2,7-8,10-12H2,1,3-4H3/b9-5-. The van der Waals surface area contributed by atoms with Crippen LogP contribution in [0.15, 0.2) is 12.7 Å². The second-order valence-electron chi connectivity index (χ2n) is 5.18. The molecule has 1 aromatic rings. The Morgan fingerprint density at radius 2 is 2.35 bits per heavy atom. The van der Waals surface area contributed by atoms with Gasteiger partial charge < -0.3 is 9.64 Å². The summed E-state index contributed by atoms with van der Waals surface area (Å²) in [5.41, 5.74) is 3.28. The van der Waals surface area contributed by atoms with Gasteiger partial charge in [-0.1, -0.05) is 25.7 Å². The van der Waals surface area contributed by atoms with Crippen LogP contribution in [-0.4, -0.2) is 41.4 Å². The molecule has 0 bridgehead atoms. The lowest BCUT2D eigenvalue weighted by molar-refractivity contribution is 0.0339. The van der Waals surface area contributed by atoms with Crippen LogP contribution in [0.25, 0.3) is 12.2 Å². The van der Waals surface area contributed by atoms with Crippen molar-refractivity contribution < 1.29 is 4.74 Å². The second-order valence-corrected chi connectivity index (χ2v) is 5.18. The van der Waals surface area contributed by atoms with E-state index in [2.05, 4.69) is 30.1 Å². The molecule has 1 aromatic heterocycles. The summed E-state index contributed by atoms with van der Waals surface area (Å²) in [5, 5.41) is 4.71. The predicted octanol–water partition coefficient (Wildman–Crippen LogP) is 2.97. The fourth-order valence-corrected chi connectivity index (χ4v) is 2.58. The maximum absolute atomic E-state index is 6.06. The van der Waals surface area contributed by atoms with E-state index in [4.69, 9.17) is 9.84 Å². The Morgan fingerprint density at radius 1 is 1.55 bits per heavy atom. The molecule has 1 aliphatic rings. The van der Waals surface area contributed by atoms with Gasteiger partial charge in [-0.05, 0) is 33.0 Å². The molecule has 110 valence electrons. The van der Waals surface area contributed by atoms with Crippen molar-refractivity contribution in [3.05, 3.63) is 29.6 Å². The molecular formula is C16H25N3O. The van der Waals surface area contributed by atoms with Gasteiger partial charge in [0, 0.05) is 25.3 Å². The first-order valence-corrected chi connectivity index (χ1v) is 7.37. The molecule has 0 saturated heterocycles. The number of allylic oxidation sites excluding steroid dienone is 1. The van der Waals surface area contributed by atoms with Crippen molar-refractivity contribution in [3.63, 3.8) is 0 Å². The number of hydrogen-bond donors (Lipinski definition) is 0. The SMILES string of the molecule is C=Cc1c(/C=C\C)nn2c1C(CN(C)CC)OCCC2. The van der Waals surface area contributed by atoms with Crippen molar-refractivity contribution in [2.45, 2.75) is 32.9 Å². The number of nitrogens with zero attached hydrogens (tertiary/aromatic N) is 3. The smallest absolute Gasteiger partial charge is 0.112 e. The summed E-state index contributed by atoms with van der Waals surface area (Å²) in [7, 11) is 2.12. The molecule has 2 heterocycles. The number of ether oxygens (including phenoxy) is 1. The van der Waals surface area contributed by atoms with Gasteiger partial charge >= 0.3 is 0 Å². The number of likely N-dealkylation sites (N-methyl/N-ethyl adjacent to an activating group) is 1. The highest BCUT2D eigenvalue weighted by Crippen LogP contribution is 2.29. The highest BCUT2D eigenvalue weighted by atomic mass is 16.5. The van der Waals surface area contributed by atoms with E-state index in [1.54, 1.807) is 0 Å². The molecule has 0 spiro atoms. The molecule has 0 radical (unpaired) electrons. The summed E-state index contributed by atoms with van der Waals surface area (Å²) in [4.78, 5) is 2.27. The van der Waals surface area contributed by atoms with Crippen LogP contribution in [0.1, 0.15) is 43.3 Å². The molecule has 0 N–H and O–H groups in total. The first kappa shape index (κ1) is 15.0. The van der Waals surface area contributed by atoms with E-state index in [0.717, 1.165) is 43.9 Å². The van der Waals surface area contributed by atoms with Crippen LogP contribution >= 0.6 is 0 Å². The Bertz CT molecular complexity index is 490. The molecule has 1 unspecified atom stereocenters. The Labute approximate surface area is 121 Å². The molecule has 0 aliphatic carbocycles. The quantitative estimate of drug-likeness (QED) is 0.827. The zero-order valence-corrected chi connectivity index (χ0v) is 12.8. The molecule has 2 rings (SSSR count). The Hall–Kier alpha value is -1.39. The minimum absolute atomic E-state index is 0.0713. The predicted molar refractivity (Wildman–Crippen MR) is 83.5 cm³/mol. The maximum Gasteiger partial charge on any atom is 0.112 e. The van der Waals surface area contributed by atoms with Gasteiger partial charge in [0.1, 0.15) is 6.10 Å². The largest absolute Gasteiger partial charge is 0.370 e. The first-order valence-electron chi connectivity index (χ1n) is 7.37. The summed E-state index contributed by atoms with van der Waals surface area (Å²) in [6, 6.07) is 0. The molecule has 1 aliphatic heterocycles. The first-order chi connectivity index (χ1) is 9.71. The van der Waals surface area contributed by atoms with Crippen LogP contribution in [0.5, 0.6) is 0 Å². The maximum atomic E-state index is 6.06. The van der Waals surface area contributed by atoms with Crippen LogP contribution < -0.4 is 0 Å². The molecule has 0 fully saturated rings. The second kappa shape index (κ2) is 6.86. The highest BCUT2D eigenvalue weighted by Gasteiger charge is 2.26. The third kappa shape index (κ3) is 3.02. The van der Waals surface area contributed by atoms with Crippen LogP contribution in [0, 0.1) is 0 Å². The lowest BCUT2D eigenvalue weighted by Gasteiger charge is -2.22. The summed E-state index contributed by atoms with van der Waals surface area (Å²) in [6.45, 7) is 11.7. The molecule has 4 heteroatoms. The van der Waals surface area contributed by atoms with Crippen molar-refractivity contribution in [2.24, 2.45) is 0 Å². The minimum atomic E-state index is 0.0713. The van der Waals surface area contributed by atoms with E-state index in [9.17, 15) is 0 Å². The van der Waals surface area contributed by atoms with Crippen LogP contribution in [0.3, 0.4) is 0 Å². The number of rotatable bonds is 5. The monoisotopic (exact) mass is 275 g/mol. The van der Waals surface area contributed by atoms with Crippen LogP contribution in [0.2, 0.25) is 0 Å². The van der Waals surface area contributed by atoms with E-state index in [1.165, 1.54) is 5.69 Å². The number of fused-ring (bicyclic) bond motifs is 1. The van der Waals surface area contributed by atoms with Crippen molar-refractivity contribution in [3.8, 4) is 0 Å². The van der Waals surface area contributed by atoms with E-state index in [0.29, 0.717) is 0 Å². The fourth-order valence-electron chi connectivity index (χ4n) is 2.58. The Kier molecular flexibility index (Phi) is 5.15. The van der Waals surface area contributed by atoms with Crippen LogP contribution in [-0.2, 0) is 11.3 Å². The van der Waals surface area contributed by atoms with Crippen molar-refractivity contribution in [1.29, 1.82) is 0 Å². The molecule has 1 atom stereocenters. The summed E-state index contributed by atoms with van der Waals surface area (Å²) >= 11 is 0. The Morgan fingerprint density at radius 3 is 3.00 bits per heavy atom. The third-order valence-electron chi connectivity index (χ3n) is 3.74. The summed E-state index contributed by atoms with van der Waals surface area (Å²) in [5.74, 6) is 0. The van der Waals surface area contributed by atoms with E-state index in [1.807, 2.05) is 25.2 Å². The van der Waals surface area contributed by atoms with Gasteiger partial charge in [-0.2, -0.15) is 5.10 Å². The highest BCUT2D eigenvalue weighted by molar-refractivity contribution is 5.64. The topological polar surface area (TPSA) is 30.3 Å². The normalized spacial score (nSPS) is 19.3. The van der Waals surface area contributed by atoms with Gasteiger partial charge in [0.2, 0.25) is 0 Å². The van der Waals surface area contributed by atoms with E-state index >= 15 is 0 Å². The van der Waals surface area contributed by atoms with Crippen molar-refractivity contribution >= 4 is 12.2 Å². The van der Waals surface area contributed by atoms with Crippen LogP contribution in [0.4, 0.5) is 0 Å². The molecule has 0 saturated carbocycles. The minimum Gasteiger partial charge on any atom is -0.370 e. The van der Waals surface area contributed by atoms with E-state index < -0.39 is 0 Å². The van der Waals surface area contributed by atoms with Gasteiger partial charge in [0.25, 0.3) is 0 Å². The Balaban J connectivity index is 2.42. The van der Waals surface area contributed by atoms with E-state index in [-0.39, 0.29) is 6.10 Å². The van der Waals surface area contributed by atoms with Gasteiger partial charge in [-0.3, -0.25) is 4.68 Å². The molecular weight excluding hydrogens is 250 g/mol. The third-order valence-corrected chi connectivity index (χ3v) is 3.74. The molecule has 4 nitrogen and oxygen atoms in total. The van der Waals surface area contributed by atoms with Gasteiger partial charge in [0.05, 0.1) is 11.4 Å². The lowest BCUT2D eigenvalue weighted by Crippen LogP contribution is -2.26. The molecule has 20 heavy (non-hydrogen) atoms. The van der Waals surface area contributed by atoms with Crippen molar-refractivity contribution in [2.75, 3.05) is 26.7 Å². The molecule has 0 aromatic carbocycles. The van der Waals surface area contributed by atoms with Gasteiger partial charge in [0.15, 0.2) is 0 Å². The number of aryl methyl sites for hydroxylation is 1. The lowest BCUT2D eigenvalue weighted by atomic mass is 10.1. The zero-order valence-electron chi connectivity index (χ0n) is 12.8. The van der Waals surface area contributed by atoms with Crippen molar-refractivity contribution in [1.82, 2.24) is 14.7 Å². The van der Waals surface area contributed by atoms with Gasteiger partial charge in [-0.25, -0.2) is 0 Å². The summed E-state index contributed by atoms with van der Waals surface area (Å²) < 4.78 is 8.17. The average molecular weight is 275 g/mol. The fraction of sp³-hybridized carbons (Fsp3) is 0.562. The van der Waals surface area contributed by atoms with Gasteiger partial charge in [-0.15, -0.1) is 0 Å². The average Bonchev–Trinajstić information content (AvgIpc) is 2.68. The molecule has 0 amide bonds.